The molecule has 0 spiro atoms. The second-order valence-electron chi connectivity index (χ2n) is 13.0. The molecule has 0 bridgehead atoms. The fourth-order valence-electron chi connectivity index (χ4n) is 6.50. The topological polar surface area (TPSA) is 28.3 Å². The zero-order chi connectivity index (χ0) is 30.8. The Morgan fingerprint density at radius 1 is 0.467 bits per heavy atom. The zero-order valence-corrected chi connectivity index (χ0v) is 26.1. The van der Waals surface area contributed by atoms with Gasteiger partial charge in [-0.1, -0.05) is 97.1 Å². The van der Waals surface area contributed by atoms with Crippen LogP contribution in [0.15, 0.2) is 140 Å². The highest BCUT2D eigenvalue weighted by Crippen LogP contribution is 2.39. The molecule has 2 aromatic heterocycles. The fraction of sp³-hybridized carbons (Fsp3) is 0.150. The monoisotopic (exact) mass is 586 g/mol. The van der Waals surface area contributed by atoms with E-state index >= 15 is 0 Å². The van der Waals surface area contributed by atoms with Crippen molar-refractivity contribution in [3.63, 3.8) is 0 Å². The lowest BCUT2D eigenvalue weighted by Crippen LogP contribution is -2.41. The van der Waals surface area contributed by atoms with E-state index in [0.29, 0.717) is 0 Å². The molecule has 3 heterocycles. The first-order valence-electron chi connectivity index (χ1n) is 15.6. The van der Waals surface area contributed by atoms with Crippen molar-refractivity contribution in [3.05, 3.63) is 140 Å². The molecule has 5 aromatic carbocycles. The van der Waals surface area contributed by atoms with E-state index in [1.165, 1.54) is 10.8 Å². The molecule has 0 saturated carbocycles. The zero-order valence-electron chi connectivity index (χ0n) is 26.1. The summed E-state index contributed by atoms with van der Waals surface area (Å²) in [4.78, 5) is 0. The van der Waals surface area contributed by atoms with Gasteiger partial charge in [0.2, 0.25) is 0 Å². The molecular formula is C40H35BN2O2. The molecule has 0 atom stereocenters. The van der Waals surface area contributed by atoms with Crippen LogP contribution in [0.2, 0.25) is 0 Å². The second-order valence-corrected chi connectivity index (χ2v) is 13.0. The Balaban J connectivity index is 1.43. The molecular weight excluding hydrogens is 551 g/mol. The molecule has 5 heteroatoms. The Morgan fingerprint density at radius 2 is 0.867 bits per heavy atom. The Kier molecular flexibility index (Phi) is 6.38. The molecule has 4 nitrogen and oxygen atoms in total. The van der Waals surface area contributed by atoms with Gasteiger partial charge in [0.15, 0.2) is 0 Å². The quantitative estimate of drug-likeness (QED) is 0.188. The van der Waals surface area contributed by atoms with Gasteiger partial charge in [-0.15, -0.1) is 0 Å². The van der Waals surface area contributed by atoms with Crippen LogP contribution < -0.4 is 5.46 Å². The van der Waals surface area contributed by atoms with Gasteiger partial charge in [-0.2, -0.15) is 0 Å². The average Bonchev–Trinajstić information content (AvgIpc) is 3.70. The van der Waals surface area contributed by atoms with Gasteiger partial charge in [-0.25, -0.2) is 0 Å². The lowest BCUT2D eigenvalue weighted by Gasteiger charge is -2.32. The molecule has 0 amide bonds. The molecule has 0 N–H and O–H groups in total. The number of rotatable bonds is 5. The molecule has 45 heavy (non-hydrogen) atoms. The molecule has 0 unspecified atom stereocenters. The molecule has 0 radical (unpaired) electrons. The second kappa shape index (κ2) is 10.4. The summed E-state index contributed by atoms with van der Waals surface area (Å²) in [5.74, 6) is 0. The highest BCUT2D eigenvalue weighted by atomic mass is 16.7. The minimum atomic E-state index is -0.516. The van der Waals surface area contributed by atoms with Crippen molar-refractivity contribution < 1.29 is 9.31 Å². The van der Waals surface area contributed by atoms with Crippen molar-refractivity contribution in [2.45, 2.75) is 38.9 Å². The first-order valence-corrected chi connectivity index (χ1v) is 15.6. The van der Waals surface area contributed by atoms with Gasteiger partial charge >= 0.3 is 7.12 Å². The third-order valence-corrected chi connectivity index (χ3v) is 9.53. The van der Waals surface area contributed by atoms with Crippen LogP contribution in [0.1, 0.15) is 27.7 Å². The number of benzene rings is 5. The van der Waals surface area contributed by atoms with Crippen LogP contribution >= 0.6 is 0 Å². The molecule has 1 aliphatic rings. The van der Waals surface area contributed by atoms with Crippen LogP contribution in [0.3, 0.4) is 0 Å². The maximum absolute atomic E-state index is 6.66. The molecule has 8 rings (SSSR count). The normalized spacial score (nSPS) is 15.7. The van der Waals surface area contributed by atoms with Crippen LogP contribution in [0.5, 0.6) is 0 Å². The Bertz CT molecular complexity index is 2030. The van der Waals surface area contributed by atoms with Gasteiger partial charge < -0.3 is 18.4 Å². The Hall–Kier alpha value is -4.84. The number of fused-ring (bicyclic) bond motifs is 2. The largest absolute Gasteiger partial charge is 0.494 e. The molecule has 1 saturated heterocycles. The first-order chi connectivity index (χ1) is 21.8. The smallest absolute Gasteiger partial charge is 0.399 e. The summed E-state index contributed by atoms with van der Waals surface area (Å²) in [5, 5.41) is 2.38. The number of nitrogens with zero attached hydrogens (tertiary/aromatic N) is 2. The van der Waals surface area contributed by atoms with Crippen molar-refractivity contribution >= 4 is 34.4 Å². The Morgan fingerprint density at radius 3 is 1.31 bits per heavy atom. The van der Waals surface area contributed by atoms with Gasteiger partial charge in [0.25, 0.3) is 0 Å². The van der Waals surface area contributed by atoms with E-state index in [9.17, 15) is 0 Å². The van der Waals surface area contributed by atoms with Crippen molar-refractivity contribution in [2.75, 3.05) is 0 Å². The first kappa shape index (κ1) is 27.7. The molecule has 1 aliphatic heterocycles. The third-order valence-electron chi connectivity index (χ3n) is 9.53. The number of hydrogen-bond donors (Lipinski definition) is 0. The number of hydrogen-bond acceptors (Lipinski definition) is 2. The predicted molar refractivity (Wildman–Crippen MR) is 187 cm³/mol. The standard InChI is InChI=1S/C40H35BN2O2/c1-39(2)40(3,4)45-41(44-39)32-25-33(42-35-21-13-11-19-30(35)23-37(42)28-15-7-5-8-16-28)27-34(26-32)43-36-22-14-12-20-31(36)24-38(43)29-17-9-6-10-18-29/h5-27H,1-4H3. The van der Waals surface area contributed by atoms with Crippen molar-refractivity contribution in [1.82, 2.24) is 9.13 Å². The molecule has 7 aromatic rings. The minimum absolute atomic E-state index is 0.460. The minimum Gasteiger partial charge on any atom is -0.399 e. The Labute approximate surface area is 264 Å². The van der Waals surface area contributed by atoms with Gasteiger partial charge in [0.05, 0.1) is 33.6 Å². The highest BCUT2D eigenvalue weighted by molar-refractivity contribution is 6.62. The molecule has 0 aliphatic carbocycles. The van der Waals surface area contributed by atoms with E-state index in [2.05, 4.69) is 176 Å². The van der Waals surface area contributed by atoms with E-state index in [-0.39, 0.29) is 0 Å². The van der Waals surface area contributed by atoms with Crippen molar-refractivity contribution in [1.29, 1.82) is 0 Å². The fourth-order valence-corrected chi connectivity index (χ4v) is 6.50. The van der Waals surface area contributed by atoms with Crippen LogP contribution in [0.4, 0.5) is 0 Å². The predicted octanol–water partition coefficient (Wildman–Crippen LogP) is 9.21. The van der Waals surface area contributed by atoms with E-state index in [0.717, 1.165) is 50.4 Å². The summed E-state index contributed by atoms with van der Waals surface area (Å²) in [6.07, 6.45) is 0. The van der Waals surface area contributed by atoms with Crippen LogP contribution in [0, 0.1) is 0 Å². The summed E-state index contributed by atoms with van der Waals surface area (Å²) in [6.45, 7) is 8.44. The van der Waals surface area contributed by atoms with Gasteiger partial charge in [-0.3, -0.25) is 0 Å². The third kappa shape index (κ3) is 4.62. The molecule has 220 valence electrons. The van der Waals surface area contributed by atoms with Gasteiger partial charge in [0, 0.05) is 22.1 Å². The molecule has 1 fully saturated rings. The summed E-state index contributed by atoms with van der Waals surface area (Å²) in [5.41, 5.74) is 9.04. The average molecular weight is 587 g/mol. The van der Waals surface area contributed by atoms with E-state index in [1.54, 1.807) is 0 Å². The number of para-hydroxylation sites is 2. The highest BCUT2D eigenvalue weighted by Gasteiger charge is 2.52. The van der Waals surface area contributed by atoms with Gasteiger partial charge in [0.1, 0.15) is 0 Å². The van der Waals surface area contributed by atoms with Crippen molar-refractivity contribution in [3.8, 4) is 33.9 Å². The maximum atomic E-state index is 6.66. The van der Waals surface area contributed by atoms with E-state index in [4.69, 9.17) is 9.31 Å². The lowest BCUT2D eigenvalue weighted by atomic mass is 9.78. The summed E-state index contributed by atoms with van der Waals surface area (Å²) in [6, 6.07) is 49.8. The van der Waals surface area contributed by atoms with E-state index < -0.39 is 18.3 Å². The maximum Gasteiger partial charge on any atom is 0.494 e. The SMILES string of the molecule is CC1(C)OB(c2cc(-n3c(-c4ccccc4)cc4ccccc43)cc(-n3c(-c4ccccc4)cc4ccccc43)c2)OC1(C)C. The van der Waals surface area contributed by atoms with Crippen LogP contribution in [0.25, 0.3) is 55.7 Å². The van der Waals surface area contributed by atoms with Gasteiger partial charge in [-0.05, 0) is 86.7 Å². The van der Waals surface area contributed by atoms with E-state index in [1.807, 2.05) is 0 Å². The van der Waals surface area contributed by atoms with Crippen molar-refractivity contribution in [2.24, 2.45) is 0 Å². The summed E-state index contributed by atoms with van der Waals surface area (Å²) in [7, 11) is -0.516. The summed E-state index contributed by atoms with van der Waals surface area (Å²) < 4.78 is 18.1. The number of aromatic nitrogens is 2. The lowest BCUT2D eigenvalue weighted by molar-refractivity contribution is 0.00578. The van der Waals surface area contributed by atoms with Crippen LogP contribution in [-0.2, 0) is 9.31 Å². The summed E-state index contributed by atoms with van der Waals surface area (Å²) >= 11 is 0. The van der Waals surface area contributed by atoms with Crippen LogP contribution in [-0.4, -0.2) is 27.5 Å².